The van der Waals surface area contributed by atoms with Crippen molar-refractivity contribution in [2.45, 2.75) is 0 Å². The average Bonchev–Trinajstić information content (AvgIpc) is 2.41. The summed E-state index contributed by atoms with van der Waals surface area (Å²) in [6.45, 7) is 0. The fraction of sp³-hybridized carbons (Fsp3) is 0. The molecule has 4 nitrogen and oxygen atoms in total. The Balaban J connectivity index is 0.000000324. The zero-order valence-electron chi connectivity index (χ0n) is 9.72. The van der Waals surface area contributed by atoms with Crippen LogP contribution >= 0.6 is 0 Å². The van der Waals surface area contributed by atoms with Gasteiger partial charge in [0.1, 0.15) is 0 Å². The third-order valence-corrected chi connectivity index (χ3v) is 2.02. The van der Waals surface area contributed by atoms with E-state index >= 15 is 0 Å². The van der Waals surface area contributed by atoms with Gasteiger partial charge in [-0.3, -0.25) is 0 Å². The zero-order valence-corrected chi connectivity index (χ0v) is 11.3. The van der Waals surface area contributed by atoms with Crippen molar-refractivity contribution in [3.63, 3.8) is 0 Å². The number of aromatic carboxylic acids is 2. The Bertz CT molecular complexity index is 462. The second kappa shape index (κ2) is 9.04. The Kier molecular flexibility index (Phi) is 8.11. The Morgan fingerprint density at radius 1 is 0.632 bits per heavy atom. The number of rotatable bonds is 2. The van der Waals surface area contributed by atoms with Gasteiger partial charge in [-0.2, -0.15) is 0 Å². The van der Waals surface area contributed by atoms with Crippen molar-refractivity contribution in [3.8, 4) is 0 Å². The fourth-order valence-electron chi connectivity index (χ4n) is 1.15. The molecule has 0 aromatic heterocycles. The number of carbonyl (C=O) groups is 2. The van der Waals surface area contributed by atoms with Gasteiger partial charge in [0.2, 0.25) is 0 Å². The number of hydrogen-bond donors (Lipinski definition) is 0. The summed E-state index contributed by atoms with van der Waals surface area (Å²) < 4.78 is 0. The fourth-order valence-corrected chi connectivity index (χ4v) is 1.15. The molecule has 19 heavy (non-hydrogen) atoms. The first kappa shape index (κ1) is 17.0. The number of carbonyl (C=O) groups excluding carboxylic acids is 2. The number of benzene rings is 2. The van der Waals surface area contributed by atoms with Crippen LogP contribution in [0.3, 0.4) is 0 Å². The third kappa shape index (κ3) is 6.51. The molecule has 0 aliphatic carbocycles. The molecule has 0 aliphatic heterocycles. The van der Waals surface area contributed by atoms with E-state index in [2.05, 4.69) is 0 Å². The van der Waals surface area contributed by atoms with E-state index < -0.39 is 11.9 Å². The maximum absolute atomic E-state index is 10.1. The maximum Gasteiger partial charge on any atom is 2.00 e. The van der Waals surface area contributed by atoms with Gasteiger partial charge in [-0.1, -0.05) is 60.7 Å². The van der Waals surface area contributed by atoms with Gasteiger partial charge >= 0.3 is 20.4 Å². The summed E-state index contributed by atoms with van der Waals surface area (Å²) in [6, 6.07) is 16.1. The van der Waals surface area contributed by atoms with Crippen molar-refractivity contribution in [2.75, 3.05) is 0 Å². The topological polar surface area (TPSA) is 80.3 Å². The number of hydrogen-bond acceptors (Lipinski definition) is 4. The van der Waals surface area contributed by atoms with Gasteiger partial charge in [-0.15, -0.1) is 0 Å². The van der Waals surface area contributed by atoms with E-state index in [-0.39, 0.29) is 31.5 Å². The van der Waals surface area contributed by atoms with E-state index in [1.165, 1.54) is 24.3 Å². The Morgan fingerprint density at radius 2 is 0.895 bits per heavy atom. The van der Waals surface area contributed by atoms with Crippen molar-refractivity contribution in [3.05, 3.63) is 71.8 Å². The van der Waals surface area contributed by atoms with E-state index in [1.54, 1.807) is 36.4 Å². The van der Waals surface area contributed by atoms with Gasteiger partial charge in [0.05, 0.1) is 11.9 Å². The summed E-state index contributed by atoms with van der Waals surface area (Å²) in [5, 5.41) is 20.2. The van der Waals surface area contributed by atoms with Gasteiger partial charge in [-0.05, 0) is 11.1 Å². The van der Waals surface area contributed by atoms with Crippen LogP contribution in [0, 0.1) is 0 Å². The molecule has 0 amide bonds. The smallest absolute Gasteiger partial charge is 0.545 e. The van der Waals surface area contributed by atoms with E-state index in [0.29, 0.717) is 0 Å². The van der Waals surface area contributed by atoms with Gasteiger partial charge in [0, 0.05) is 0 Å². The molecule has 0 aliphatic rings. The largest absolute Gasteiger partial charge is 2.00 e. The van der Waals surface area contributed by atoms with E-state index in [1.807, 2.05) is 0 Å². The molecule has 0 bridgehead atoms. The molecule has 0 fully saturated rings. The molecule has 2 aromatic rings. The maximum atomic E-state index is 10.1. The van der Waals surface area contributed by atoms with Crippen molar-refractivity contribution in [1.82, 2.24) is 0 Å². The molecule has 0 radical (unpaired) electrons. The van der Waals surface area contributed by atoms with E-state index in [0.717, 1.165) is 0 Å². The minimum atomic E-state index is -1.13. The normalized spacial score (nSPS) is 8.42. The summed E-state index contributed by atoms with van der Waals surface area (Å²) >= 11 is 0. The van der Waals surface area contributed by atoms with Gasteiger partial charge < -0.3 is 19.8 Å². The van der Waals surface area contributed by atoms with Crippen LogP contribution in [0.25, 0.3) is 0 Å². The van der Waals surface area contributed by atoms with Crippen LogP contribution in [-0.4, -0.2) is 11.9 Å². The Morgan fingerprint density at radius 3 is 1.05 bits per heavy atom. The molecule has 2 aromatic carbocycles. The molecule has 0 heterocycles. The molecule has 100 valence electrons. The molecule has 0 saturated carbocycles. The summed E-state index contributed by atoms with van der Waals surface area (Å²) in [4.78, 5) is 20.2. The third-order valence-electron chi connectivity index (χ3n) is 2.02. The minimum Gasteiger partial charge on any atom is -0.545 e. The molecular weight excluding hydrogens is 339 g/mol. The van der Waals surface area contributed by atoms with Crippen molar-refractivity contribution < 1.29 is 40.2 Å². The summed E-state index contributed by atoms with van der Waals surface area (Å²) in [5.41, 5.74) is 0.440. The molecule has 0 saturated heterocycles. The first-order valence-electron chi connectivity index (χ1n) is 5.14. The number of carboxylic acid groups (broad SMARTS) is 2. The molecule has 0 unspecified atom stereocenters. The zero-order chi connectivity index (χ0) is 13.4. The standard InChI is InChI=1S/2C7H6O2.Pd/c2*8-7(9)6-4-2-1-3-5-6;/h2*1-5H,(H,8,9);/q;;+2/p-2. The monoisotopic (exact) mass is 348 g/mol. The molecule has 0 spiro atoms. The quantitative estimate of drug-likeness (QED) is 0.721. The average molecular weight is 349 g/mol. The summed E-state index contributed by atoms with van der Waals surface area (Å²) in [6.07, 6.45) is 0. The minimum absolute atomic E-state index is 0. The second-order valence-electron chi connectivity index (χ2n) is 3.31. The van der Waals surface area contributed by atoms with Crippen LogP contribution < -0.4 is 10.2 Å². The first-order chi connectivity index (χ1) is 8.61. The number of carboxylic acids is 2. The van der Waals surface area contributed by atoms with Crippen LogP contribution in [0.15, 0.2) is 60.7 Å². The Labute approximate surface area is 124 Å². The van der Waals surface area contributed by atoms with Gasteiger partial charge in [-0.25, -0.2) is 0 Å². The van der Waals surface area contributed by atoms with Crippen molar-refractivity contribution >= 4 is 11.9 Å². The van der Waals surface area contributed by atoms with E-state index in [9.17, 15) is 19.8 Å². The molecule has 0 atom stereocenters. The van der Waals surface area contributed by atoms with Crippen LogP contribution in [0.1, 0.15) is 20.7 Å². The SMILES string of the molecule is O=C([O-])c1ccccc1.O=C([O-])c1ccccc1.[Pd+2]. The van der Waals surface area contributed by atoms with Crippen LogP contribution in [0.2, 0.25) is 0 Å². The first-order valence-corrected chi connectivity index (χ1v) is 5.14. The summed E-state index contributed by atoms with van der Waals surface area (Å²) in [7, 11) is 0. The van der Waals surface area contributed by atoms with Gasteiger partial charge in [0.15, 0.2) is 0 Å². The second-order valence-corrected chi connectivity index (χ2v) is 3.31. The molecular formula is C14H10O4Pd. The Hall–Kier alpha value is -1.96. The van der Waals surface area contributed by atoms with Crippen LogP contribution in [-0.2, 0) is 20.4 Å². The van der Waals surface area contributed by atoms with Crippen molar-refractivity contribution in [1.29, 1.82) is 0 Å². The van der Waals surface area contributed by atoms with Gasteiger partial charge in [0.25, 0.3) is 0 Å². The van der Waals surface area contributed by atoms with E-state index in [4.69, 9.17) is 0 Å². The predicted octanol–water partition coefficient (Wildman–Crippen LogP) is 0.0977. The molecule has 5 heteroatoms. The van der Waals surface area contributed by atoms with Crippen LogP contribution in [0.5, 0.6) is 0 Å². The predicted molar refractivity (Wildman–Crippen MR) is 61.5 cm³/mol. The summed E-state index contributed by atoms with van der Waals surface area (Å²) in [5.74, 6) is -2.26. The van der Waals surface area contributed by atoms with Crippen molar-refractivity contribution in [2.24, 2.45) is 0 Å². The molecule has 2 rings (SSSR count). The van der Waals surface area contributed by atoms with Crippen LogP contribution in [0.4, 0.5) is 0 Å². The molecule has 0 N–H and O–H groups in total.